The van der Waals surface area contributed by atoms with Crippen molar-refractivity contribution in [2.24, 2.45) is 5.92 Å². The highest BCUT2D eigenvalue weighted by atomic mass is 16.5. The van der Waals surface area contributed by atoms with Gasteiger partial charge in [-0.2, -0.15) is 0 Å². The van der Waals surface area contributed by atoms with Gasteiger partial charge in [0.2, 0.25) is 0 Å². The number of ether oxygens (including phenoxy) is 1. The topological polar surface area (TPSA) is 26.3 Å². The Morgan fingerprint density at radius 2 is 1.87 bits per heavy atom. The first-order chi connectivity index (χ1) is 7.11. The summed E-state index contributed by atoms with van der Waals surface area (Å²) in [5.41, 5.74) is 1.23. The van der Waals surface area contributed by atoms with E-state index in [4.69, 9.17) is 4.74 Å². The van der Waals surface area contributed by atoms with Gasteiger partial charge in [0.1, 0.15) is 0 Å². The van der Waals surface area contributed by atoms with Crippen LogP contribution in [0, 0.1) is 5.92 Å². The van der Waals surface area contributed by atoms with E-state index in [0.29, 0.717) is 12.5 Å². The normalized spacial score (nSPS) is 12.5. The van der Waals surface area contributed by atoms with Crippen molar-refractivity contribution < 1.29 is 9.53 Å². The van der Waals surface area contributed by atoms with Crippen LogP contribution in [0.3, 0.4) is 0 Å². The van der Waals surface area contributed by atoms with Gasteiger partial charge in [-0.25, -0.2) is 0 Å². The van der Waals surface area contributed by atoms with Crippen LogP contribution in [0.25, 0.3) is 0 Å². The molecule has 1 aromatic rings. The molecule has 0 bridgehead atoms. The Hall–Kier alpha value is -1.31. The highest BCUT2D eigenvalue weighted by molar-refractivity contribution is 5.65. The van der Waals surface area contributed by atoms with E-state index >= 15 is 0 Å². The zero-order valence-corrected chi connectivity index (χ0v) is 9.57. The number of esters is 1. The monoisotopic (exact) mass is 206 g/mol. The Bertz CT molecular complexity index is 304. The lowest BCUT2D eigenvalue weighted by molar-refractivity contribution is -0.141. The Kier molecular flexibility index (Phi) is 4.35. The van der Waals surface area contributed by atoms with Crippen molar-refractivity contribution in [3.8, 4) is 0 Å². The van der Waals surface area contributed by atoms with E-state index in [2.05, 4.69) is 26.0 Å². The molecule has 0 aliphatic carbocycles. The van der Waals surface area contributed by atoms with Crippen LogP contribution in [-0.4, -0.2) is 12.6 Å². The van der Waals surface area contributed by atoms with Crippen LogP contribution in [0.1, 0.15) is 32.3 Å². The molecule has 0 radical (unpaired) electrons. The third kappa shape index (κ3) is 3.74. The van der Waals surface area contributed by atoms with Crippen molar-refractivity contribution in [1.82, 2.24) is 0 Å². The van der Waals surface area contributed by atoms with Crippen molar-refractivity contribution in [3.63, 3.8) is 0 Å². The molecule has 0 aromatic heterocycles. The maximum atomic E-state index is 10.8. The molecule has 1 aromatic carbocycles. The fourth-order valence-electron chi connectivity index (χ4n) is 1.58. The first kappa shape index (κ1) is 11.8. The number of rotatable bonds is 4. The molecule has 0 heterocycles. The van der Waals surface area contributed by atoms with E-state index in [1.165, 1.54) is 12.5 Å². The van der Waals surface area contributed by atoms with Gasteiger partial charge in [0.05, 0.1) is 6.61 Å². The fourth-order valence-corrected chi connectivity index (χ4v) is 1.58. The average Bonchev–Trinajstić information content (AvgIpc) is 2.18. The molecule has 0 N–H and O–H groups in total. The van der Waals surface area contributed by atoms with Crippen LogP contribution in [-0.2, 0) is 9.53 Å². The molecule has 82 valence electrons. The van der Waals surface area contributed by atoms with E-state index in [9.17, 15) is 4.79 Å². The van der Waals surface area contributed by atoms with Crippen molar-refractivity contribution in [2.75, 3.05) is 6.61 Å². The Morgan fingerprint density at radius 3 is 2.33 bits per heavy atom. The summed E-state index contributed by atoms with van der Waals surface area (Å²) in [6.07, 6.45) is 0. The molecule has 0 spiro atoms. The lowest BCUT2D eigenvalue weighted by atomic mass is 9.89. The molecule has 0 unspecified atom stereocenters. The van der Waals surface area contributed by atoms with Gasteiger partial charge in [0.15, 0.2) is 0 Å². The summed E-state index contributed by atoms with van der Waals surface area (Å²) in [6, 6.07) is 10.2. The van der Waals surface area contributed by atoms with Gasteiger partial charge in [0.25, 0.3) is 0 Å². The smallest absolute Gasteiger partial charge is 0.302 e. The van der Waals surface area contributed by atoms with Crippen molar-refractivity contribution in [1.29, 1.82) is 0 Å². The number of carbonyl (C=O) groups is 1. The van der Waals surface area contributed by atoms with Crippen molar-refractivity contribution in [3.05, 3.63) is 35.9 Å². The second-order valence-corrected chi connectivity index (χ2v) is 4.06. The number of carbonyl (C=O) groups excluding carboxylic acids is 1. The van der Waals surface area contributed by atoms with Crippen LogP contribution in [0.4, 0.5) is 0 Å². The van der Waals surface area contributed by atoms with E-state index < -0.39 is 0 Å². The molecular formula is C13H18O2. The molecule has 1 rings (SSSR count). The maximum absolute atomic E-state index is 10.8. The number of hydrogen-bond acceptors (Lipinski definition) is 2. The molecule has 0 fully saturated rings. The van der Waals surface area contributed by atoms with Gasteiger partial charge in [-0.3, -0.25) is 4.79 Å². The Labute approximate surface area is 91.3 Å². The van der Waals surface area contributed by atoms with Crippen LogP contribution >= 0.6 is 0 Å². The van der Waals surface area contributed by atoms with Gasteiger partial charge in [-0.15, -0.1) is 0 Å². The molecule has 2 nitrogen and oxygen atoms in total. The van der Waals surface area contributed by atoms with Crippen LogP contribution in [0.5, 0.6) is 0 Å². The number of hydrogen-bond donors (Lipinski definition) is 0. The fraction of sp³-hybridized carbons (Fsp3) is 0.462. The minimum atomic E-state index is -0.211. The molecule has 0 aliphatic rings. The van der Waals surface area contributed by atoms with Crippen molar-refractivity contribution in [2.45, 2.75) is 26.7 Å². The van der Waals surface area contributed by atoms with E-state index in [1.807, 2.05) is 18.2 Å². The molecule has 0 saturated carbocycles. The van der Waals surface area contributed by atoms with Gasteiger partial charge >= 0.3 is 5.97 Å². The van der Waals surface area contributed by atoms with E-state index in [1.54, 1.807) is 0 Å². The van der Waals surface area contributed by atoms with Crippen LogP contribution in [0.2, 0.25) is 0 Å². The summed E-state index contributed by atoms with van der Waals surface area (Å²) in [7, 11) is 0. The minimum Gasteiger partial charge on any atom is -0.465 e. The summed E-state index contributed by atoms with van der Waals surface area (Å²) in [5, 5.41) is 0. The summed E-state index contributed by atoms with van der Waals surface area (Å²) < 4.78 is 5.08. The van der Waals surface area contributed by atoms with E-state index in [-0.39, 0.29) is 11.9 Å². The second kappa shape index (κ2) is 5.54. The molecule has 0 amide bonds. The quantitative estimate of drug-likeness (QED) is 0.708. The first-order valence-corrected chi connectivity index (χ1v) is 5.29. The Balaban J connectivity index is 2.70. The van der Waals surface area contributed by atoms with Gasteiger partial charge in [-0.1, -0.05) is 44.2 Å². The summed E-state index contributed by atoms with van der Waals surface area (Å²) in [4.78, 5) is 10.8. The van der Waals surface area contributed by atoms with Gasteiger partial charge in [-0.05, 0) is 11.5 Å². The lowest BCUT2D eigenvalue weighted by Crippen LogP contribution is -2.15. The predicted octanol–water partition coefficient (Wildman–Crippen LogP) is 2.99. The van der Waals surface area contributed by atoms with Crippen LogP contribution < -0.4 is 0 Å². The number of benzene rings is 1. The van der Waals surface area contributed by atoms with Gasteiger partial charge < -0.3 is 4.74 Å². The van der Waals surface area contributed by atoms with Gasteiger partial charge in [0, 0.05) is 12.8 Å². The van der Waals surface area contributed by atoms with E-state index in [0.717, 1.165) is 0 Å². The summed E-state index contributed by atoms with van der Waals surface area (Å²) in [6.45, 7) is 6.20. The molecule has 15 heavy (non-hydrogen) atoms. The SMILES string of the molecule is CC(=O)OC[C@@H](c1ccccc1)C(C)C. The summed E-state index contributed by atoms with van der Waals surface area (Å²) in [5.74, 6) is 0.540. The molecular weight excluding hydrogens is 188 g/mol. The molecule has 1 atom stereocenters. The third-order valence-electron chi connectivity index (χ3n) is 2.50. The standard InChI is InChI=1S/C13H18O2/c1-10(2)13(9-15-11(3)14)12-7-5-4-6-8-12/h4-8,10,13H,9H2,1-3H3/t13-/m1/s1. The average molecular weight is 206 g/mol. The minimum absolute atomic E-state index is 0.211. The third-order valence-corrected chi connectivity index (χ3v) is 2.50. The summed E-state index contributed by atoms with van der Waals surface area (Å²) >= 11 is 0. The second-order valence-electron chi connectivity index (χ2n) is 4.06. The van der Waals surface area contributed by atoms with Crippen LogP contribution in [0.15, 0.2) is 30.3 Å². The van der Waals surface area contributed by atoms with Crippen molar-refractivity contribution >= 4 is 5.97 Å². The Morgan fingerprint density at radius 1 is 1.27 bits per heavy atom. The highest BCUT2D eigenvalue weighted by Gasteiger charge is 2.16. The molecule has 2 heteroatoms. The molecule has 0 aliphatic heterocycles. The zero-order chi connectivity index (χ0) is 11.3. The first-order valence-electron chi connectivity index (χ1n) is 5.29. The highest BCUT2D eigenvalue weighted by Crippen LogP contribution is 2.24. The maximum Gasteiger partial charge on any atom is 0.302 e. The lowest BCUT2D eigenvalue weighted by Gasteiger charge is -2.20. The predicted molar refractivity (Wildman–Crippen MR) is 60.7 cm³/mol. The largest absolute Gasteiger partial charge is 0.465 e. The zero-order valence-electron chi connectivity index (χ0n) is 9.57. The molecule has 0 saturated heterocycles.